The Morgan fingerprint density at radius 1 is 1.40 bits per heavy atom. The zero-order valence-corrected chi connectivity index (χ0v) is 11.4. The largest absolute Gasteiger partial charge is 0.354 e. The first-order valence-corrected chi connectivity index (χ1v) is 6.15. The third-order valence-corrected chi connectivity index (χ3v) is 2.96. The molecule has 0 bridgehead atoms. The lowest BCUT2D eigenvalue weighted by molar-refractivity contribution is 0.621. The average Bonchev–Trinajstić information content (AvgIpc) is 2.17. The van der Waals surface area contributed by atoms with Crippen LogP contribution < -0.4 is 4.90 Å². The fourth-order valence-electron chi connectivity index (χ4n) is 1.58. The minimum atomic E-state index is 0.510. The third kappa shape index (κ3) is 3.16. The predicted molar refractivity (Wildman–Crippen MR) is 67.2 cm³/mol. The van der Waals surface area contributed by atoms with E-state index in [9.17, 15) is 0 Å². The first-order chi connectivity index (χ1) is 7.08. The molecule has 84 valence electrons. The molecule has 0 aliphatic carbocycles. The molecule has 0 amide bonds. The molecule has 0 saturated carbocycles. The lowest BCUT2D eigenvalue weighted by Crippen LogP contribution is -2.33. The zero-order chi connectivity index (χ0) is 11.4. The Hall–Kier alpha value is -0.640. The van der Waals surface area contributed by atoms with Crippen LogP contribution in [-0.2, 0) is 0 Å². The number of nitrogens with zero attached hydrogens (tertiary/aromatic N) is 3. The monoisotopic (exact) mass is 271 g/mol. The van der Waals surface area contributed by atoms with Crippen molar-refractivity contribution >= 4 is 21.7 Å². The summed E-state index contributed by atoms with van der Waals surface area (Å²) in [6.45, 7) is 9.44. The lowest BCUT2D eigenvalue weighted by Gasteiger charge is -2.28. The molecule has 1 aromatic rings. The zero-order valence-electron chi connectivity index (χ0n) is 9.79. The number of aromatic nitrogens is 2. The smallest absolute Gasteiger partial charge is 0.133 e. The number of aryl methyl sites for hydroxylation is 1. The highest BCUT2D eigenvalue weighted by atomic mass is 79.9. The topological polar surface area (TPSA) is 29.0 Å². The Kier molecular flexibility index (Phi) is 4.51. The summed E-state index contributed by atoms with van der Waals surface area (Å²) >= 11 is 3.40. The van der Waals surface area contributed by atoms with E-state index in [4.69, 9.17) is 0 Å². The van der Waals surface area contributed by atoms with Gasteiger partial charge in [0.25, 0.3) is 0 Å². The molecule has 0 aliphatic heterocycles. The summed E-state index contributed by atoms with van der Waals surface area (Å²) in [4.78, 5) is 11.0. The van der Waals surface area contributed by atoms with E-state index in [0.29, 0.717) is 6.04 Å². The lowest BCUT2D eigenvalue weighted by atomic mass is 10.2. The van der Waals surface area contributed by atoms with Crippen molar-refractivity contribution in [3.63, 3.8) is 0 Å². The van der Waals surface area contributed by atoms with Gasteiger partial charge in [0.05, 0.1) is 0 Å². The first kappa shape index (κ1) is 12.4. The molecule has 0 aliphatic rings. The molecular formula is C11H18BrN3. The molecule has 15 heavy (non-hydrogen) atoms. The normalized spacial score (nSPS) is 12.6. The van der Waals surface area contributed by atoms with Crippen LogP contribution in [0.15, 0.2) is 10.7 Å². The summed E-state index contributed by atoms with van der Waals surface area (Å²) in [6, 6.07) is 2.49. The minimum absolute atomic E-state index is 0.510. The molecule has 1 unspecified atom stereocenters. The third-order valence-electron chi connectivity index (χ3n) is 2.55. The average molecular weight is 272 g/mol. The van der Waals surface area contributed by atoms with E-state index < -0.39 is 0 Å². The van der Waals surface area contributed by atoms with Crippen LogP contribution >= 0.6 is 15.9 Å². The predicted octanol–water partition coefficient (Wildman–Crippen LogP) is 3.17. The Bertz CT molecular complexity index is 307. The van der Waals surface area contributed by atoms with Crippen molar-refractivity contribution < 1.29 is 0 Å². The standard InChI is InChI=1S/C11H18BrN3/c1-5-8(3)15(6-2)11-7-10(12)13-9(4)14-11/h7-8H,5-6H2,1-4H3. The first-order valence-electron chi connectivity index (χ1n) is 5.36. The maximum absolute atomic E-state index is 4.46. The number of rotatable bonds is 4. The van der Waals surface area contributed by atoms with Crippen molar-refractivity contribution in [2.45, 2.75) is 40.2 Å². The second-order valence-electron chi connectivity index (χ2n) is 3.64. The van der Waals surface area contributed by atoms with Crippen LogP contribution in [0.2, 0.25) is 0 Å². The molecule has 1 heterocycles. The minimum Gasteiger partial charge on any atom is -0.354 e. The number of hydrogen-bond acceptors (Lipinski definition) is 3. The summed E-state index contributed by atoms with van der Waals surface area (Å²) in [6.07, 6.45) is 1.12. The van der Waals surface area contributed by atoms with Gasteiger partial charge in [-0.15, -0.1) is 0 Å². The maximum atomic E-state index is 4.46. The highest BCUT2D eigenvalue weighted by molar-refractivity contribution is 9.10. The van der Waals surface area contributed by atoms with Gasteiger partial charge >= 0.3 is 0 Å². The van der Waals surface area contributed by atoms with Gasteiger partial charge in [0.15, 0.2) is 0 Å². The molecular weight excluding hydrogens is 254 g/mol. The highest BCUT2D eigenvalue weighted by Crippen LogP contribution is 2.19. The van der Waals surface area contributed by atoms with E-state index in [-0.39, 0.29) is 0 Å². The van der Waals surface area contributed by atoms with Crippen LogP contribution in [0.25, 0.3) is 0 Å². The van der Waals surface area contributed by atoms with Crippen molar-refractivity contribution in [3.8, 4) is 0 Å². The van der Waals surface area contributed by atoms with Gasteiger partial charge in [-0.3, -0.25) is 0 Å². The van der Waals surface area contributed by atoms with Gasteiger partial charge in [-0.1, -0.05) is 6.92 Å². The molecule has 1 aromatic heterocycles. The van der Waals surface area contributed by atoms with Crippen LogP contribution in [0.5, 0.6) is 0 Å². The van der Waals surface area contributed by atoms with E-state index in [1.54, 1.807) is 0 Å². The molecule has 3 nitrogen and oxygen atoms in total. The molecule has 4 heteroatoms. The van der Waals surface area contributed by atoms with Gasteiger partial charge in [-0.2, -0.15) is 0 Å². The summed E-state index contributed by atoms with van der Waals surface area (Å²) in [7, 11) is 0. The Morgan fingerprint density at radius 3 is 2.53 bits per heavy atom. The van der Waals surface area contributed by atoms with Crippen molar-refractivity contribution in [1.29, 1.82) is 0 Å². The summed E-state index contributed by atoms with van der Waals surface area (Å²) < 4.78 is 0.853. The van der Waals surface area contributed by atoms with E-state index in [1.165, 1.54) is 0 Å². The van der Waals surface area contributed by atoms with Crippen LogP contribution in [0.1, 0.15) is 33.0 Å². The highest BCUT2D eigenvalue weighted by Gasteiger charge is 2.13. The Balaban J connectivity index is 3.01. The van der Waals surface area contributed by atoms with E-state index in [2.05, 4.69) is 51.6 Å². The molecule has 1 atom stereocenters. The second-order valence-corrected chi connectivity index (χ2v) is 4.45. The van der Waals surface area contributed by atoms with E-state index in [1.807, 2.05) is 13.0 Å². The molecule has 1 rings (SSSR count). The number of hydrogen-bond donors (Lipinski definition) is 0. The Morgan fingerprint density at radius 2 is 2.07 bits per heavy atom. The SMILES string of the molecule is CCC(C)N(CC)c1cc(Br)nc(C)n1. The summed E-state index contributed by atoms with van der Waals surface area (Å²) in [5, 5.41) is 0. The molecule has 0 saturated heterocycles. The van der Waals surface area contributed by atoms with Crippen molar-refractivity contribution in [3.05, 3.63) is 16.5 Å². The van der Waals surface area contributed by atoms with Gasteiger partial charge in [0, 0.05) is 18.7 Å². The second kappa shape index (κ2) is 5.45. The molecule has 0 radical (unpaired) electrons. The van der Waals surface area contributed by atoms with Gasteiger partial charge in [-0.05, 0) is 43.1 Å². The van der Waals surface area contributed by atoms with Crippen molar-refractivity contribution in [2.24, 2.45) is 0 Å². The van der Waals surface area contributed by atoms with Gasteiger partial charge < -0.3 is 4.90 Å². The Labute approximate surface area is 100 Å². The fraction of sp³-hybridized carbons (Fsp3) is 0.636. The summed E-state index contributed by atoms with van der Waals surface area (Å²) in [5.41, 5.74) is 0. The molecule has 0 N–H and O–H groups in total. The van der Waals surface area contributed by atoms with Crippen LogP contribution in [0, 0.1) is 6.92 Å². The van der Waals surface area contributed by atoms with Crippen LogP contribution in [0.4, 0.5) is 5.82 Å². The molecule has 0 fully saturated rings. The fourth-order valence-corrected chi connectivity index (χ4v) is 2.04. The van der Waals surface area contributed by atoms with Crippen LogP contribution in [-0.4, -0.2) is 22.6 Å². The van der Waals surface area contributed by atoms with Gasteiger partial charge in [-0.25, -0.2) is 9.97 Å². The van der Waals surface area contributed by atoms with Crippen molar-refractivity contribution in [1.82, 2.24) is 9.97 Å². The van der Waals surface area contributed by atoms with Gasteiger partial charge in [0.1, 0.15) is 16.2 Å². The van der Waals surface area contributed by atoms with Crippen molar-refractivity contribution in [2.75, 3.05) is 11.4 Å². The number of anilines is 1. The molecule has 0 aromatic carbocycles. The summed E-state index contributed by atoms with van der Waals surface area (Å²) in [5.74, 6) is 1.81. The quantitative estimate of drug-likeness (QED) is 0.788. The maximum Gasteiger partial charge on any atom is 0.133 e. The number of halogens is 1. The van der Waals surface area contributed by atoms with E-state index >= 15 is 0 Å². The van der Waals surface area contributed by atoms with E-state index in [0.717, 1.165) is 29.2 Å². The molecule has 0 spiro atoms. The van der Waals surface area contributed by atoms with Gasteiger partial charge in [0.2, 0.25) is 0 Å². The van der Waals surface area contributed by atoms with Crippen LogP contribution in [0.3, 0.4) is 0 Å².